The Balaban J connectivity index is 1.57. The summed E-state index contributed by atoms with van der Waals surface area (Å²) >= 11 is 0. The average molecular weight is 307 g/mol. The van der Waals surface area contributed by atoms with E-state index in [4.69, 9.17) is 9.47 Å². The third-order valence-corrected chi connectivity index (χ3v) is 4.58. The van der Waals surface area contributed by atoms with Crippen LogP contribution >= 0.6 is 0 Å². The van der Waals surface area contributed by atoms with E-state index in [-0.39, 0.29) is 6.10 Å². The molecule has 0 amide bonds. The van der Waals surface area contributed by atoms with Gasteiger partial charge in [0.25, 0.3) is 0 Å². The number of nitrogens with one attached hydrogen (secondary N) is 1. The molecule has 1 saturated carbocycles. The van der Waals surface area contributed by atoms with Crippen molar-refractivity contribution in [1.82, 2.24) is 15.1 Å². The van der Waals surface area contributed by atoms with Crippen LogP contribution < -0.4 is 5.32 Å². The van der Waals surface area contributed by atoms with Gasteiger partial charge in [0.15, 0.2) is 0 Å². The van der Waals surface area contributed by atoms with Gasteiger partial charge in [0.05, 0.1) is 17.9 Å². The maximum Gasteiger partial charge on any atom is 0.114 e. The van der Waals surface area contributed by atoms with Crippen LogP contribution in [0.1, 0.15) is 64.8 Å². The molecule has 5 heteroatoms. The highest BCUT2D eigenvalue weighted by Crippen LogP contribution is 2.33. The molecule has 0 spiro atoms. The van der Waals surface area contributed by atoms with Crippen molar-refractivity contribution in [2.45, 2.75) is 83.4 Å². The van der Waals surface area contributed by atoms with Crippen LogP contribution in [0.5, 0.6) is 0 Å². The van der Waals surface area contributed by atoms with Crippen LogP contribution in [0.25, 0.3) is 0 Å². The number of aromatic nitrogens is 2. The summed E-state index contributed by atoms with van der Waals surface area (Å²) in [7, 11) is 0. The summed E-state index contributed by atoms with van der Waals surface area (Å²) in [6.07, 6.45) is 6.06. The van der Waals surface area contributed by atoms with Gasteiger partial charge in [-0.1, -0.05) is 0 Å². The lowest BCUT2D eigenvalue weighted by Crippen LogP contribution is -2.50. The minimum atomic E-state index is 0.120. The van der Waals surface area contributed by atoms with Gasteiger partial charge in [-0.25, -0.2) is 0 Å². The average Bonchev–Trinajstić information content (AvgIpc) is 3.02. The maximum absolute atomic E-state index is 6.01. The zero-order chi connectivity index (χ0) is 15.7. The first-order valence-electron chi connectivity index (χ1n) is 8.61. The molecule has 2 aliphatic rings. The topological polar surface area (TPSA) is 48.3 Å². The van der Waals surface area contributed by atoms with Gasteiger partial charge in [-0.15, -0.1) is 0 Å². The van der Waals surface area contributed by atoms with Gasteiger partial charge in [-0.05, 0) is 53.0 Å². The van der Waals surface area contributed by atoms with Gasteiger partial charge in [0.2, 0.25) is 0 Å². The Morgan fingerprint density at radius 2 is 2.09 bits per heavy atom. The molecule has 1 N–H and O–H groups in total. The van der Waals surface area contributed by atoms with E-state index in [2.05, 4.69) is 48.9 Å². The summed E-state index contributed by atoms with van der Waals surface area (Å²) in [4.78, 5) is 0. The standard InChI is InChI=1S/C17H29N3O2/c1-11(2)20-16(5-7-18-20)17-15(6-8-21-17)19-13-9-14(10-13)22-12(3)4/h5,7,11-15,17,19H,6,8-10H2,1-4H3/t13?,14?,15-,17-/m0/s1. The van der Waals surface area contributed by atoms with E-state index in [1.54, 1.807) is 0 Å². The molecule has 1 aromatic heterocycles. The van der Waals surface area contributed by atoms with Gasteiger partial charge in [-0.2, -0.15) is 5.10 Å². The Morgan fingerprint density at radius 1 is 1.32 bits per heavy atom. The molecule has 2 heterocycles. The maximum atomic E-state index is 6.01. The second-order valence-corrected chi connectivity index (χ2v) is 7.12. The van der Waals surface area contributed by atoms with Crippen molar-refractivity contribution in [3.05, 3.63) is 18.0 Å². The Morgan fingerprint density at radius 3 is 2.77 bits per heavy atom. The minimum absolute atomic E-state index is 0.120. The molecule has 1 aromatic rings. The number of nitrogens with zero attached hydrogens (tertiary/aromatic N) is 2. The first-order valence-corrected chi connectivity index (χ1v) is 8.61. The molecule has 1 saturated heterocycles. The van der Waals surface area contributed by atoms with Crippen LogP contribution in [0.4, 0.5) is 0 Å². The minimum Gasteiger partial charge on any atom is -0.375 e. The second-order valence-electron chi connectivity index (χ2n) is 7.12. The van der Waals surface area contributed by atoms with Crippen LogP contribution in [-0.4, -0.2) is 40.7 Å². The predicted octanol–water partition coefficient (Wildman–Crippen LogP) is 2.84. The number of hydrogen-bond acceptors (Lipinski definition) is 4. The van der Waals surface area contributed by atoms with Gasteiger partial charge in [0, 0.05) is 30.9 Å². The quantitative estimate of drug-likeness (QED) is 0.878. The van der Waals surface area contributed by atoms with Gasteiger partial charge < -0.3 is 14.8 Å². The third kappa shape index (κ3) is 3.36. The molecule has 0 bridgehead atoms. The molecular formula is C17H29N3O2. The zero-order valence-corrected chi connectivity index (χ0v) is 14.2. The van der Waals surface area contributed by atoms with Crippen molar-refractivity contribution in [3.8, 4) is 0 Å². The van der Waals surface area contributed by atoms with Crippen molar-refractivity contribution in [3.63, 3.8) is 0 Å². The molecule has 2 fully saturated rings. The van der Waals surface area contributed by atoms with Crippen molar-refractivity contribution >= 4 is 0 Å². The predicted molar refractivity (Wildman–Crippen MR) is 85.9 cm³/mol. The Bertz CT molecular complexity index is 480. The first-order chi connectivity index (χ1) is 10.5. The van der Waals surface area contributed by atoms with Crippen LogP contribution in [0.2, 0.25) is 0 Å². The summed E-state index contributed by atoms with van der Waals surface area (Å²) in [5.74, 6) is 0. The van der Waals surface area contributed by atoms with E-state index in [1.165, 1.54) is 5.69 Å². The fraction of sp³-hybridized carbons (Fsp3) is 0.824. The van der Waals surface area contributed by atoms with Crippen molar-refractivity contribution in [1.29, 1.82) is 0 Å². The highest BCUT2D eigenvalue weighted by Gasteiger charge is 2.38. The smallest absolute Gasteiger partial charge is 0.114 e. The van der Waals surface area contributed by atoms with Gasteiger partial charge >= 0.3 is 0 Å². The van der Waals surface area contributed by atoms with Crippen molar-refractivity contribution in [2.75, 3.05) is 6.61 Å². The second kappa shape index (κ2) is 6.69. The van der Waals surface area contributed by atoms with E-state index in [9.17, 15) is 0 Å². The highest BCUT2D eigenvalue weighted by atomic mass is 16.5. The van der Waals surface area contributed by atoms with Crippen LogP contribution in [0, 0.1) is 0 Å². The van der Waals surface area contributed by atoms with Gasteiger partial charge in [-0.3, -0.25) is 4.68 Å². The van der Waals surface area contributed by atoms with E-state index in [0.29, 0.717) is 30.3 Å². The zero-order valence-electron chi connectivity index (χ0n) is 14.2. The SMILES string of the molecule is CC(C)OC1CC(N[C@H]2CCO[C@@H]2c2ccnn2C(C)C)C1. The summed E-state index contributed by atoms with van der Waals surface area (Å²) in [6.45, 7) is 9.36. The van der Waals surface area contributed by atoms with E-state index < -0.39 is 0 Å². The molecule has 124 valence electrons. The molecule has 1 aliphatic heterocycles. The number of rotatable bonds is 6. The lowest BCUT2D eigenvalue weighted by molar-refractivity contribution is -0.0532. The van der Waals surface area contributed by atoms with Gasteiger partial charge in [0.1, 0.15) is 6.10 Å². The fourth-order valence-corrected chi connectivity index (χ4v) is 3.53. The molecule has 0 radical (unpaired) electrons. The van der Waals surface area contributed by atoms with E-state index in [1.807, 2.05) is 6.20 Å². The summed E-state index contributed by atoms with van der Waals surface area (Å²) in [5.41, 5.74) is 1.19. The van der Waals surface area contributed by atoms with Crippen molar-refractivity contribution < 1.29 is 9.47 Å². The molecule has 3 rings (SSSR count). The first kappa shape index (κ1) is 16.0. The largest absolute Gasteiger partial charge is 0.375 e. The number of hydrogen-bond donors (Lipinski definition) is 1. The van der Waals surface area contributed by atoms with Crippen LogP contribution in [-0.2, 0) is 9.47 Å². The summed E-state index contributed by atoms with van der Waals surface area (Å²) in [5, 5.41) is 8.22. The lowest BCUT2D eigenvalue weighted by atomic mass is 9.87. The Labute approximate surface area is 133 Å². The fourth-order valence-electron chi connectivity index (χ4n) is 3.53. The summed E-state index contributed by atoms with van der Waals surface area (Å²) in [6, 6.07) is 3.41. The number of ether oxygens (including phenoxy) is 2. The lowest BCUT2D eigenvalue weighted by Gasteiger charge is -2.39. The van der Waals surface area contributed by atoms with E-state index >= 15 is 0 Å². The Hall–Kier alpha value is -0.910. The third-order valence-electron chi connectivity index (χ3n) is 4.58. The highest BCUT2D eigenvalue weighted by molar-refractivity contribution is 5.11. The van der Waals surface area contributed by atoms with Crippen LogP contribution in [0.15, 0.2) is 12.3 Å². The van der Waals surface area contributed by atoms with E-state index in [0.717, 1.165) is 25.9 Å². The summed E-state index contributed by atoms with van der Waals surface area (Å²) < 4.78 is 13.9. The van der Waals surface area contributed by atoms with Crippen LogP contribution in [0.3, 0.4) is 0 Å². The molecule has 22 heavy (non-hydrogen) atoms. The molecule has 0 aromatic carbocycles. The molecule has 0 unspecified atom stereocenters. The molecule has 5 nitrogen and oxygen atoms in total. The Kier molecular flexibility index (Phi) is 4.85. The monoisotopic (exact) mass is 307 g/mol. The molecule has 1 aliphatic carbocycles. The molecular weight excluding hydrogens is 278 g/mol. The van der Waals surface area contributed by atoms with Crippen molar-refractivity contribution in [2.24, 2.45) is 0 Å². The molecule has 2 atom stereocenters. The normalized spacial score (nSPS) is 31.9.